The monoisotopic (exact) mass is 386 g/mol. The van der Waals surface area contributed by atoms with Crippen molar-refractivity contribution in [2.24, 2.45) is 0 Å². The fraction of sp³-hybridized carbons (Fsp3) is 0. The minimum Gasteiger partial charge on any atom is -0.412 e. The number of hydrogen-bond donors (Lipinski definition) is 0. The van der Waals surface area contributed by atoms with E-state index >= 15 is 0 Å². The van der Waals surface area contributed by atoms with Crippen LogP contribution in [0.3, 0.4) is 0 Å². The molecule has 0 saturated carbocycles. The van der Waals surface area contributed by atoms with Crippen LogP contribution in [0.15, 0.2) is 0 Å². The molecule has 20 radical (unpaired) electrons. The number of rotatable bonds is 0. The Morgan fingerprint density at radius 3 is 0.222 bits per heavy atom. The van der Waals surface area contributed by atoms with Gasteiger partial charge >= 0.3 is 0 Å². The van der Waals surface area contributed by atoms with Gasteiger partial charge in [0.1, 0.15) is 0 Å². The van der Waals surface area contributed by atoms with Crippen molar-refractivity contribution in [3.05, 3.63) is 0 Å². The Morgan fingerprint density at radius 2 is 0.222 bits per heavy atom. The summed E-state index contributed by atoms with van der Waals surface area (Å²) < 4.78 is 0. The van der Waals surface area contributed by atoms with E-state index in [1.807, 2.05) is 0 Å². The molecule has 0 amide bonds. The van der Waals surface area contributed by atoms with E-state index in [1.54, 1.807) is 0 Å². The first-order valence-corrected chi connectivity index (χ1v) is 0. The minimum absolute atomic E-state index is 0. The summed E-state index contributed by atoms with van der Waals surface area (Å²) in [5, 5.41) is 0. The van der Waals surface area contributed by atoms with Crippen molar-refractivity contribution >= 4 is 138 Å². The third-order valence-corrected chi connectivity index (χ3v) is 0. The second kappa shape index (κ2) is 980. The van der Waals surface area contributed by atoms with Gasteiger partial charge in [0.25, 0.3) is 0 Å². The van der Waals surface area contributed by atoms with Gasteiger partial charge in [0.05, 0.1) is 0 Å². The van der Waals surface area contributed by atoms with Gasteiger partial charge in [-0.25, -0.2) is 0 Å². The largest absolute Gasteiger partial charge is 0.412 e. The van der Waals surface area contributed by atoms with Crippen molar-refractivity contribution in [3.8, 4) is 0 Å². The molecule has 18 heteroatoms. The summed E-state index contributed by atoms with van der Waals surface area (Å²) in [5.41, 5.74) is 0. The Labute approximate surface area is 190 Å². The average molecular weight is 385 g/mol. The molecule has 20 N–H and O–H groups in total. The molecule has 0 aliphatic rings. The normalized spacial score (nSPS) is 0. The molecule has 100 valence electrons. The maximum Gasteiger partial charge on any atom is 0 e. The molecular formula is H20B6CsLiO10. The smallest absolute Gasteiger partial charge is 0 e. The summed E-state index contributed by atoms with van der Waals surface area (Å²) in [6.45, 7) is 0. The van der Waals surface area contributed by atoms with Crippen LogP contribution >= 0.6 is 0 Å². The van der Waals surface area contributed by atoms with Gasteiger partial charge in [-0.05, 0) is 0 Å². The van der Waals surface area contributed by atoms with Gasteiger partial charge in [-0.3, -0.25) is 0 Å². The summed E-state index contributed by atoms with van der Waals surface area (Å²) in [6, 6.07) is 0. The van der Waals surface area contributed by atoms with Crippen LogP contribution in [0.1, 0.15) is 0 Å². The van der Waals surface area contributed by atoms with E-state index in [0.717, 1.165) is 0 Å². The molecule has 0 aliphatic heterocycles. The van der Waals surface area contributed by atoms with Gasteiger partial charge in [-0.2, -0.15) is 0 Å². The second-order valence-corrected chi connectivity index (χ2v) is 0. The fourth-order valence-electron chi connectivity index (χ4n) is 0. The van der Waals surface area contributed by atoms with Crippen molar-refractivity contribution in [2.75, 3.05) is 0 Å². The van der Waals surface area contributed by atoms with Crippen molar-refractivity contribution in [1.82, 2.24) is 0 Å². The van der Waals surface area contributed by atoms with E-state index in [9.17, 15) is 0 Å². The molecule has 0 rings (SSSR count). The molecule has 0 saturated heterocycles. The van der Waals surface area contributed by atoms with Crippen LogP contribution in [0.2, 0.25) is 0 Å². The van der Waals surface area contributed by atoms with Gasteiger partial charge < -0.3 is 54.8 Å². The first-order chi connectivity index (χ1) is 0. The molecule has 0 aromatic heterocycles. The SMILES string of the molecule is O.O.O.O.O.O.O.O.O.O.[B].[B].[B].[B].[B].[B].[Cs].[Li]. The van der Waals surface area contributed by atoms with Crippen LogP contribution in [0.5, 0.6) is 0 Å². The van der Waals surface area contributed by atoms with Crippen molar-refractivity contribution < 1.29 is 54.8 Å². The predicted octanol–water partition coefficient (Wildman–Crippen LogP) is -11.3. The van der Waals surface area contributed by atoms with Crippen LogP contribution in [0.25, 0.3) is 0 Å². The van der Waals surface area contributed by atoms with Crippen LogP contribution in [0, 0.1) is 0 Å². The molecule has 0 unspecified atom stereocenters. The van der Waals surface area contributed by atoms with E-state index < -0.39 is 0 Å². The zero-order chi connectivity index (χ0) is 0. The van der Waals surface area contributed by atoms with Gasteiger partial charge in [0.2, 0.25) is 0 Å². The molecule has 10 nitrogen and oxygen atoms in total. The van der Waals surface area contributed by atoms with E-state index in [0.29, 0.717) is 0 Å². The minimum atomic E-state index is 0. The van der Waals surface area contributed by atoms with Crippen molar-refractivity contribution in [2.45, 2.75) is 0 Å². The maximum atomic E-state index is 0. The van der Waals surface area contributed by atoms with Crippen LogP contribution in [0.4, 0.5) is 0 Å². The second-order valence-electron chi connectivity index (χ2n) is 0. The van der Waals surface area contributed by atoms with Crippen LogP contribution < -0.4 is 0 Å². The summed E-state index contributed by atoms with van der Waals surface area (Å²) >= 11 is 0. The molecule has 0 fully saturated rings. The topological polar surface area (TPSA) is 315 Å². The van der Waals surface area contributed by atoms with E-state index in [1.165, 1.54) is 0 Å². The standard InChI is InChI=1S/6B.Cs.Li.10H2O/h;;;;;;;;10*1H2. The Balaban J connectivity index is 0. The van der Waals surface area contributed by atoms with E-state index in [2.05, 4.69) is 0 Å². The Bertz CT molecular complexity index is 26.3. The maximum absolute atomic E-state index is 0. The summed E-state index contributed by atoms with van der Waals surface area (Å²) in [4.78, 5) is 0. The summed E-state index contributed by atoms with van der Waals surface area (Å²) in [6.07, 6.45) is 0. The van der Waals surface area contributed by atoms with Gasteiger partial charge in [-0.15, -0.1) is 0 Å². The van der Waals surface area contributed by atoms with Gasteiger partial charge in [0.15, 0.2) is 0 Å². The molecule has 0 atom stereocenters. The third-order valence-electron chi connectivity index (χ3n) is 0. The van der Waals surface area contributed by atoms with Crippen molar-refractivity contribution in [1.29, 1.82) is 0 Å². The first kappa shape index (κ1) is 1140. The molecule has 0 heterocycles. The molecular weight excluding hydrogens is 365 g/mol. The van der Waals surface area contributed by atoms with E-state index in [4.69, 9.17) is 0 Å². The van der Waals surface area contributed by atoms with E-state index in [-0.39, 0.29) is 193 Å². The molecule has 0 aliphatic carbocycles. The molecule has 0 spiro atoms. The first-order valence-electron chi connectivity index (χ1n) is 0. The molecule has 18 heavy (non-hydrogen) atoms. The number of hydrogen-bond acceptors (Lipinski definition) is 0. The predicted molar refractivity (Wildman–Crippen MR) is 82.2 cm³/mol. The Morgan fingerprint density at radius 1 is 0.222 bits per heavy atom. The molecule has 0 bridgehead atoms. The van der Waals surface area contributed by atoms with Gasteiger partial charge in [0, 0.05) is 138 Å². The summed E-state index contributed by atoms with van der Waals surface area (Å²) in [7, 11) is 0. The molecule has 0 aromatic carbocycles. The Hall–Kier alpha value is 2.64. The molecule has 0 aromatic rings. The van der Waals surface area contributed by atoms with Crippen LogP contribution in [-0.4, -0.2) is 193 Å². The summed E-state index contributed by atoms with van der Waals surface area (Å²) in [5.74, 6) is 0. The zero-order valence-electron chi connectivity index (χ0n) is 10.5. The van der Waals surface area contributed by atoms with Crippen molar-refractivity contribution in [3.63, 3.8) is 0 Å². The third kappa shape index (κ3) is 833. The Kier molecular flexibility index (Phi) is 62200. The van der Waals surface area contributed by atoms with Crippen LogP contribution in [-0.2, 0) is 0 Å². The quantitative estimate of drug-likeness (QED) is 0.351. The van der Waals surface area contributed by atoms with Gasteiger partial charge in [-0.1, -0.05) is 0 Å². The zero-order valence-corrected chi connectivity index (χ0v) is 16.7. The average Bonchev–Trinajstić information content (AvgIpc) is 0. The fourth-order valence-corrected chi connectivity index (χ4v) is 0.